The number of amides is 1. The van der Waals surface area contributed by atoms with Crippen molar-refractivity contribution in [1.82, 2.24) is 15.3 Å². The number of hydrogen-bond acceptors (Lipinski definition) is 4. The molecular weight excluding hydrogens is 240 g/mol. The SMILES string of the molecule is CNc1cncc(C(=O)NCc2cccc(C)c2)n1. The molecular formula is C14H16N4O. The Hall–Kier alpha value is -2.43. The molecule has 1 aromatic carbocycles. The van der Waals surface area contributed by atoms with E-state index in [0.29, 0.717) is 18.1 Å². The topological polar surface area (TPSA) is 66.9 Å². The molecule has 5 nitrogen and oxygen atoms in total. The second-order valence-electron chi connectivity index (χ2n) is 4.21. The van der Waals surface area contributed by atoms with E-state index in [1.165, 1.54) is 11.8 Å². The quantitative estimate of drug-likeness (QED) is 0.874. The summed E-state index contributed by atoms with van der Waals surface area (Å²) < 4.78 is 0. The van der Waals surface area contributed by atoms with Crippen LogP contribution in [0.15, 0.2) is 36.7 Å². The van der Waals surface area contributed by atoms with E-state index in [9.17, 15) is 4.79 Å². The van der Waals surface area contributed by atoms with Crippen molar-refractivity contribution in [2.24, 2.45) is 0 Å². The molecule has 0 saturated heterocycles. The second kappa shape index (κ2) is 5.95. The first-order valence-corrected chi connectivity index (χ1v) is 6.02. The molecule has 1 amide bonds. The van der Waals surface area contributed by atoms with Crippen molar-refractivity contribution in [1.29, 1.82) is 0 Å². The van der Waals surface area contributed by atoms with Crippen molar-refractivity contribution in [2.45, 2.75) is 13.5 Å². The van der Waals surface area contributed by atoms with Gasteiger partial charge < -0.3 is 10.6 Å². The third-order valence-electron chi connectivity index (χ3n) is 2.66. The van der Waals surface area contributed by atoms with E-state index in [4.69, 9.17) is 0 Å². The minimum Gasteiger partial charge on any atom is -0.372 e. The Morgan fingerprint density at radius 3 is 2.89 bits per heavy atom. The van der Waals surface area contributed by atoms with Gasteiger partial charge in [-0.1, -0.05) is 29.8 Å². The summed E-state index contributed by atoms with van der Waals surface area (Å²) in [6.45, 7) is 2.50. The molecule has 5 heteroatoms. The first-order valence-electron chi connectivity index (χ1n) is 6.02. The molecule has 98 valence electrons. The van der Waals surface area contributed by atoms with Gasteiger partial charge in [-0.3, -0.25) is 9.78 Å². The van der Waals surface area contributed by atoms with E-state index in [0.717, 1.165) is 5.56 Å². The van der Waals surface area contributed by atoms with Crippen LogP contribution in [0, 0.1) is 6.92 Å². The predicted octanol–water partition coefficient (Wildman–Crippen LogP) is 1.76. The molecule has 0 aliphatic rings. The van der Waals surface area contributed by atoms with Crippen LogP contribution in [0.4, 0.5) is 5.82 Å². The predicted molar refractivity (Wildman–Crippen MR) is 73.9 cm³/mol. The molecule has 2 rings (SSSR count). The number of carbonyl (C=O) groups is 1. The van der Waals surface area contributed by atoms with Crippen molar-refractivity contribution < 1.29 is 4.79 Å². The lowest BCUT2D eigenvalue weighted by molar-refractivity contribution is 0.0945. The molecule has 1 heterocycles. The maximum absolute atomic E-state index is 11.9. The Balaban J connectivity index is 2.01. The number of hydrogen-bond donors (Lipinski definition) is 2. The van der Waals surface area contributed by atoms with Crippen LogP contribution >= 0.6 is 0 Å². The lowest BCUT2D eigenvalue weighted by atomic mass is 10.1. The highest BCUT2D eigenvalue weighted by atomic mass is 16.1. The summed E-state index contributed by atoms with van der Waals surface area (Å²) in [7, 11) is 1.73. The summed E-state index contributed by atoms with van der Waals surface area (Å²) in [5.74, 6) is 0.342. The summed E-state index contributed by atoms with van der Waals surface area (Å²) in [6, 6.07) is 8.00. The highest BCUT2D eigenvalue weighted by Crippen LogP contribution is 2.04. The summed E-state index contributed by atoms with van der Waals surface area (Å²) in [5.41, 5.74) is 2.54. The normalized spacial score (nSPS) is 10.0. The van der Waals surface area contributed by atoms with Gasteiger partial charge in [-0.05, 0) is 12.5 Å². The zero-order chi connectivity index (χ0) is 13.7. The van der Waals surface area contributed by atoms with Crippen LogP contribution < -0.4 is 10.6 Å². The van der Waals surface area contributed by atoms with Gasteiger partial charge in [0.25, 0.3) is 5.91 Å². The summed E-state index contributed by atoms with van der Waals surface area (Å²) in [4.78, 5) is 20.0. The number of rotatable bonds is 4. The first kappa shape index (κ1) is 13.0. The van der Waals surface area contributed by atoms with Gasteiger partial charge in [-0.25, -0.2) is 4.98 Å². The Morgan fingerprint density at radius 1 is 1.32 bits per heavy atom. The molecule has 2 N–H and O–H groups in total. The molecule has 0 fully saturated rings. The third-order valence-corrected chi connectivity index (χ3v) is 2.66. The number of carbonyl (C=O) groups excluding carboxylic acids is 1. The Bertz CT molecular complexity index is 583. The van der Waals surface area contributed by atoms with Gasteiger partial charge in [0.2, 0.25) is 0 Å². The van der Waals surface area contributed by atoms with E-state index in [-0.39, 0.29) is 5.91 Å². The van der Waals surface area contributed by atoms with E-state index >= 15 is 0 Å². The lowest BCUT2D eigenvalue weighted by Crippen LogP contribution is -2.24. The standard InChI is InChI=1S/C14H16N4O/c1-10-4-3-5-11(6-10)7-17-14(19)12-8-16-9-13(15-2)18-12/h3-6,8-9H,7H2,1-2H3,(H,15,18)(H,17,19). The fourth-order valence-electron chi connectivity index (χ4n) is 1.69. The minimum absolute atomic E-state index is 0.230. The molecule has 0 aliphatic heterocycles. The zero-order valence-corrected chi connectivity index (χ0v) is 11.0. The Kier molecular flexibility index (Phi) is 4.07. The van der Waals surface area contributed by atoms with Crippen molar-refractivity contribution >= 4 is 11.7 Å². The van der Waals surface area contributed by atoms with Gasteiger partial charge >= 0.3 is 0 Å². The second-order valence-corrected chi connectivity index (χ2v) is 4.21. The van der Waals surface area contributed by atoms with Crippen LogP contribution in [0.25, 0.3) is 0 Å². The van der Waals surface area contributed by atoms with Crippen molar-refractivity contribution in [3.05, 3.63) is 53.5 Å². The summed E-state index contributed by atoms with van der Waals surface area (Å²) >= 11 is 0. The van der Waals surface area contributed by atoms with E-state index in [1.807, 2.05) is 31.2 Å². The maximum atomic E-state index is 11.9. The average Bonchev–Trinajstić information content (AvgIpc) is 2.45. The van der Waals surface area contributed by atoms with Gasteiger partial charge in [-0.15, -0.1) is 0 Å². The van der Waals surface area contributed by atoms with Crippen LogP contribution in [0.3, 0.4) is 0 Å². The molecule has 0 atom stereocenters. The number of nitrogens with zero attached hydrogens (tertiary/aromatic N) is 2. The number of nitrogens with one attached hydrogen (secondary N) is 2. The van der Waals surface area contributed by atoms with Crippen LogP contribution in [0.1, 0.15) is 21.6 Å². The molecule has 0 aliphatic carbocycles. The molecule has 0 saturated carbocycles. The average molecular weight is 256 g/mol. The van der Waals surface area contributed by atoms with Crippen molar-refractivity contribution in [2.75, 3.05) is 12.4 Å². The molecule has 0 unspecified atom stereocenters. The Labute approximate surface area is 112 Å². The van der Waals surface area contributed by atoms with Crippen LogP contribution in [0.5, 0.6) is 0 Å². The number of aromatic nitrogens is 2. The lowest BCUT2D eigenvalue weighted by Gasteiger charge is -2.06. The van der Waals surface area contributed by atoms with E-state index < -0.39 is 0 Å². The molecule has 2 aromatic rings. The number of benzene rings is 1. The first-order chi connectivity index (χ1) is 9.19. The summed E-state index contributed by atoms with van der Waals surface area (Å²) in [6.07, 6.45) is 3.02. The highest BCUT2D eigenvalue weighted by molar-refractivity contribution is 5.92. The van der Waals surface area contributed by atoms with Crippen LogP contribution in [-0.4, -0.2) is 22.9 Å². The van der Waals surface area contributed by atoms with E-state index in [1.54, 1.807) is 13.2 Å². The van der Waals surface area contributed by atoms with Crippen molar-refractivity contribution in [3.8, 4) is 0 Å². The summed E-state index contributed by atoms with van der Waals surface area (Å²) in [5, 5.41) is 5.67. The fourth-order valence-corrected chi connectivity index (χ4v) is 1.69. The number of aryl methyl sites for hydroxylation is 1. The Morgan fingerprint density at radius 2 is 2.16 bits per heavy atom. The van der Waals surface area contributed by atoms with Crippen LogP contribution in [-0.2, 0) is 6.54 Å². The van der Waals surface area contributed by atoms with Gasteiger partial charge in [0.1, 0.15) is 11.5 Å². The van der Waals surface area contributed by atoms with Gasteiger partial charge in [-0.2, -0.15) is 0 Å². The molecule has 1 aromatic heterocycles. The molecule has 0 bridgehead atoms. The monoisotopic (exact) mass is 256 g/mol. The molecule has 19 heavy (non-hydrogen) atoms. The largest absolute Gasteiger partial charge is 0.372 e. The van der Waals surface area contributed by atoms with E-state index in [2.05, 4.69) is 20.6 Å². The van der Waals surface area contributed by atoms with Gasteiger partial charge in [0, 0.05) is 13.6 Å². The smallest absolute Gasteiger partial charge is 0.271 e. The number of anilines is 1. The molecule has 0 spiro atoms. The van der Waals surface area contributed by atoms with Gasteiger partial charge in [0.15, 0.2) is 0 Å². The zero-order valence-electron chi connectivity index (χ0n) is 11.0. The van der Waals surface area contributed by atoms with Crippen molar-refractivity contribution in [3.63, 3.8) is 0 Å². The minimum atomic E-state index is -0.230. The fraction of sp³-hybridized carbons (Fsp3) is 0.214. The molecule has 0 radical (unpaired) electrons. The van der Waals surface area contributed by atoms with Gasteiger partial charge in [0.05, 0.1) is 12.4 Å². The maximum Gasteiger partial charge on any atom is 0.271 e. The van der Waals surface area contributed by atoms with Crippen LogP contribution in [0.2, 0.25) is 0 Å². The third kappa shape index (κ3) is 3.51. The highest BCUT2D eigenvalue weighted by Gasteiger charge is 2.08.